The van der Waals surface area contributed by atoms with Crippen LogP contribution in [0.5, 0.6) is 0 Å². The Labute approximate surface area is 69.3 Å². The number of hydrogen-bond acceptors (Lipinski definition) is 1. The number of hydrogen-bond donors (Lipinski definition) is 1. The van der Waals surface area contributed by atoms with Gasteiger partial charge in [-0.25, -0.2) is 0 Å². The van der Waals surface area contributed by atoms with Crippen LogP contribution in [0.15, 0.2) is 36.6 Å². The van der Waals surface area contributed by atoms with Gasteiger partial charge in [0.15, 0.2) is 0 Å². The average Bonchev–Trinajstić information content (AvgIpc) is 1.87. The highest BCUT2D eigenvalue weighted by atomic mass is 14.5. The molecule has 0 aromatic rings. The third-order valence-corrected chi connectivity index (χ3v) is 1.47. The van der Waals surface area contributed by atoms with Crippen molar-refractivity contribution in [2.75, 3.05) is 0 Å². The zero-order chi connectivity index (χ0) is 8.91. The molecule has 0 aromatic heterocycles. The van der Waals surface area contributed by atoms with Crippen LogP contribution in [0.3, 0.4) is 0 Å². The van der Waals surface area contributed by atoms with E-state index in [0.29, 0.717) is 0 Å². The van der Waals surface area contributed by atoms with E-state index in [-0.39, 0.29) is 5.41 Å². The fourth-order valence-corrected chi connectivity index (χ4v) is 0.783. The number of nitrogens with two attached hydrogens (primary N) is 1. The molecule has 0 aliphatic heterocycles. The summed E-state index contributed by atoms with van der Waals surface area (Å²) in [6.07, 6.45) is 7.19. The van der Waals surface area contributed by atoms with Gasteiger partial charge in [0.1, 0.15) is 0 Å². The van der Waals surface area contributed by atoms with Gasteiger partial charge in [0, 0.05) is 0 Å². The highest BCUT2D eigenvalue weighted by Gasteiger charge is 2.12. The summed E-state index contributed by atoms with van der Waals surface area (Å²) in [6.45, 7) is 10.2. The van der Waals surface area contributed by atoms with Crippen molar-refractivity contribution in [1.29, 1.82) is 0 Å². The van der Waals surface area contributed by atoms with E-state index >= 15 is 0 Å². The normalized spacial score (nSPS) is 13.9. The summed E-state index contributed by atoms with van der Waals surface area (Å²) in [4.78, 5) is 0. The molecule has 0 amide bonds. The maximum Gasteiger partial charge on any atom is -0.00623 e. The van der Waals surface area contributed by atoms with Crippen LogP contribution >= 0.6 is 0 Å². The minimum Gasteiger partial charge on any atom is -0.405 e. The largest absolute Gasteiger partial charge is 0.405 e. The summed E-state index contributed by atoms with van der Waals surface area (Å²) < 4.78 is 0. The van der Waals surface area contributed by atoms with Crippen molar-refractivity contribution in [1.82, 2.24) is 0 Å². The third-order valence-electron chi connectivity index (χ3n) is 1.47. The molecule has 0 radical (unpaired) electrons. The van der Waals surface area contributed by atoms with Crippen LogP contribution in [0, 0.1) is 5.41 Å². The second-order valence-corrected chi connectivity index (χ2v) is 3.46. The van der Waals surface area contributed by atoms with Gasteiger partial charge in [-0.15, -0.1) is 0 Å². The smallest absolute Gasteiger partial charge is 0.00623 e. The Balaban J connectivity index is 4.53. The fraction of sp³-hybridized carbons (Fsp3) is 0.400. The van der Waals surface area contributed by atoms with Crippen molar-refractivity contribution >= 4 is 0 Å². The number of allylic oxidation sites excluding steroid dienone is 4. The highest BCUT2D eigenvalue weighted by Crippen LogP contribution is 2.25. The Morgan fingerprint density at radius 1 is 1.36 bits per heavy atom. The van der Waals surface area contributed by atoms with Crippen molar-refractivity contribution in [3.63, 3.8) is 0 Å². The summed E-state index contributed by atoms with van der Waals surface area (Å²) in [7, 11) is 0. The molecule has 1 heteroatoms. The van der Waals surface area contributed by atoms with Gasteiger partial charge in [-0.05, 0) is 23.3 Å². The summed E-state index contributed by atoms with van der Waals surface area (Å²) >= 11 is 0. The second kappa shape index (κ2) is 4.02. The number of rotatable bonds is 2. The van der Waals surface area contributed by atoms with Crippen LogP contribution in [0.25, 0.3) is 0 Å². The molecule has 0 saturated carbocycles. The average molecular weight is 151 g/mol. The monoisotopic (exact) mass is 151 g/mol. The van der Waals surface area contributed by atoms with Gasteiger partial charge in [-0.3, -0.25) is 0 Å². The summed E-state index contributed by atoms with van der Waals surface area (Å²) in [5.41, 5.74) is 6.56. The Bertz CT molecular complexity index is 180. The van der Waals surface area contributed by atoms with E-state index < -0.39 is 0 Å². The van der Waals surface area contributed by atoms with Gasteiger partial charge in [0.05, 0.1) is 0 Å². The molecule has 0 saturated heterocycles. The molecule has 0 atom stereocenters. The van der Waals surface area contributed by atoms with E-state index in [4.69, 9.17) is 5.73 Å². The van der Waals surface area contributed by atoms with Gasteiger partial charge < -0.3 is 5.73 Å². The van der Waals surface area contributed by atoms with Gasteiger partial charge >= 0.3 is 0 Å². The van der Waals surface area contributed by atoms with Crippen molar-refractivity contribution in [3.05, 3.63) is 36.6 Å². The van der Waals surface area contributed by atoms with Crippen molar-refractivity contribution in [2.24, 2.45) is 11.1 Å². The molecule has 0 aliphatic rings. The predicted octanol–water partition coefficient (Wildman–Crippen LogP) is 2.62. The molecule has 0 aromatic carbocycles. The van der Waals surface area contributed by atoms with E-state index in [0.717, 1.165) is 0 Å². The topological polar surface area (TPSA) is 26.0 Å². The van der Waals surface area contributed by atoms with Gasteiger partial charge in [-0.1, -0.05) is 39.5 Å². The van der Waals surface area contributed by atoms with Crippen LogP contribution in [0.1, 0.15) is 20.8 Å². The SMILES string of the molecule is C=C/C(=C\C=C/N)C(C)(C)C. The molecule has 1 nitrogen and oxygen atoms in total. The molecule has 11 heavy (non-hydrogen) atoms. The standard InChI is InChI=1S/C10H17N/c1-5-9(7-6-8-11)10(2,3)4/h5-8H,1,11H2,2-4H3/b8-6-,9-7+. The van der Waals surface area contributed by atoms with Crippen LogP contribution in [-0.4, -0.2) is 0 Å². The van der Waals surface area contributed by atoms with E-state index in [9.17, 15) is 0 Å². The zero-order valence-electron chi connectivity index (χ0n) is 7.59. The lowest BCUT2D eigenvalue weighted by molar-refractivity contribution is 0.517. The molecule has 0 rings (SSSR count). The molecule has 0 aliphatic carbocycles. The summed E-state index contributed by atoms with van der Waals surface area (Å²) in [5, 5.41) is 0. The molecule has 2 N–H and O–H groups in total. The van der Waals surface area contributed by atoms with E-state index in [1.54, 1.807) is 0 Å². The molecule has 0 heterocycles. The van der Waals surface area contributed by atoms with Crippen LogP contribution in [0.4, 0.5) is 0 Å². The maximum atomic E-state index is 5.22. The maximum absolute atomic E-state index is 5.22. The minimum absolute atomic E-state index is 0.154. The van der Waals surface area contributed by atoms with Crippen molar-refractivity contribution < 1.29 is 0 Å². The highest BCUT2D eigenvalue weighted by molar-refractivity contribution is 5.26. The zero-order valence-corrected chi connectivity index (χ0v) is 7.59. The molecule has 62 valence electrons. The Hall–Kier alpha value is -0.980. The second-order valence-electron chi connectivity index (χ2n) is 3.46. The third kappa shape index (κ3) is 3.66. The Morgan fingerprint density at radius 2 is 1.91 bits per heavy atom. The first-order chi connectivity index (χ1) is 5.02. The van der Waals surface area contributed by atoms with Crippen molar-refractivity contribution in [3.8, 4) is 0 Å². The minimum atomic E-state index is 0.154. The molecule has 0 bridgehead atoms. The first-order valence-corrected chi connectivity index (χ1v) is 3.74. The Kier molecular flexibility index (Phi) is 3.66. The van der Waals surface area contributed by atoms with E-state index in [2.05, 4.69) is 27.4 Å². The quantitative estimate of drug-likeness (QED) is 0.603. The lowest BCUT2D eigenvalue weighted by Gasteiger charge is -2.19. The Morgan fingerprint density at radius 3 is 2.18 bits per heavy atom. The first-order valence-electron chi connectivity index (χ1n) is 3.74. The lowest BCUT2D eigenvalue weighted by Crippen LogP contribution is -2.06. The van der Waals surface area contributed by atoms with Gasteiger partial charge in [0.2, 0.25) is 0 Å². The molecular formula is C10H17N. The van der Waals surface area contributed by atoms with Crippen molar-refractivity contribution in [2.45, 2.75) is 20.8 Å². The lowest BCUT2D eigenvalue weighted by atomic mass is 9.86. The van der Waals surface area contributed by atoms with E-state index in [1.807, 2.05) is 18.2 Å². The van der Waals surface area contributed by atoms with Crippen LogP contribution < -0.4 is 5.73 Å². The molecule has 0 unspecified atom stereocenters. The molecular weight excluding hydrogens is 134 g/mol. The van der Waals surface area contributed by atoms with Gasteiger partial charge in [0.25, 0.3) is 0 Å². The fourth-order valence-electron chi connectivity index (χ4n) is 0.783. The van der Waals surface area contributed by atoms with Gasteiger partial charge in [-0.2, -0.15) is 0 Å². The summed E-state index contributed by atoms with van der Waals surface area (Å²) in [6, 6.07) is 0. The first kappa shape index (κ1) is 10.0. The van der Waals surface area contributed by atoms with Crippen LogP contribution in [-0.2, 0) is 0 Å². The predicted molar refractivity (Wildman–Crippen MR) is 51.1 cm³/mol. The van der Waals surface area contributed by atoms with Crippen LogP contribution in [0.2, 0.25) is 0 Å². The summed E-state index contributed by atoms with van der Waals surface area (Å²) in [5.74, 6) is 0. The molecule has 0 fully saturated rings. The van der Waals surface area contributed by atoms with E-state index in [1.165, 1.54) is 11.8 Å². The molecule has 0 spiro atoms.